The Morgan fingerprint density at radius 1 is 0.957 bits per heavy atom. The summed E-state index contributed by atoms with van der Waals surface area (Å²) in [5.74, 6) is 1.61. The Labute approximate surface area is 133 Å². The number of alkyl halides is 2. The number of anilines is 2. The number of halogens is 2. The molecule has 0 saturated carbocycles. The lowest BCUT2D eigenvalue weighted by molar-refractivity contribution is 0.145. The van der Waals surface area contributed by atoms with Crippen LogP contribution in [-0.4, -0.2) is 46.1 Å². The fraction of sp³-hybridized carbons (Fsp3) is 0.467. The van der Waals surface area contributed by atoms with Crippen molar-refractivity contribution in [1.82, 2.24) is 19.9 Å². The molecule has 8 heteroatoms. The van der Waals surface area contributed by atoms with Crippen molar-refractivity contribution in [3.05, 3.63) is 35.5 Å². The van der Waals surface area contributed by atoms with Crippen LogP contribution in [0.25, 0.3) is 0 Å². The molecule has 1 fully saturated rings. The van der Waals surface area contributed by atoms with Crippen LogP contribution in [0.3, 0.4) is 0 Å². The van der Waals surface area contributed by atoms with E-state index in [0.29, 0.717) is 30.7 Å². The maximum atomic E-state index is 12.9. The molecule has 0 unspecified atom stereocenters. The van der Waals surface area contributed by atoms with Crippen LogP contribution in [0.1, 0.15) is 23.5 Å². The van der Waals surface area contributed by atoms with E-state index in [0.717, 1.165) is 18.7 Å². The molecule has 122 valence electrons. The van der Waals surface area contributed by atoms with Crippen molar-refractivity contribution in [2.24, 2.45) is 0 Å². The summed E-state index contributed by atoms with van der Waals surface area (Å²) in [5, 5.41) is 0. The standard InChI is InChI=1S/C15H18F2N6/c1-10-8-18-15(19-9-10)23-5-3-22(4-6-23)13-7-12(14(16)17)20-11(2)21-13/h7-9,14H,3-6H2,1-2H3. The third-order valence-corrected chi connectivity index (χ3v) is 3.72. The minimum atomic E-state index is -2.59. The molecule has 0 N–H and O–H groups in total. The van der Waals surface area contributed by atoms with Gasteiger partial charge in [0.25, 0.3) is 6.43 Å². The van der Waals surface area contributed by atoms with Gasteiger partial charge in [-0.15, -0.1) is 0 Å². The van der Waals surface area contributed by atoms with E-state index in [-0.39, 0.29) is 5.69 Å². The summed E-state index contributed by atoms with van der Waals surface area (Å²) in [6.45, 7) is 6.37. The van der Waals surface area contributed by atoms with E-state index < -0.39 is 6.43 Å². The summed E-state index contributed by atoms with van der Waals surface area (Å²) in [6.07, 6.45) is 0.993. The molecule has 6 nitrogen and oxygen atoms in total. The van der Waals surface area contributed by atoms with Crippen molar-refractivity contribution >= 4 is 11.8 Å². The molecule has 23 heavy (non-hydrogen) atoms. The van der Waals surface area contributed by atoms with Gasteiger partial charge in [0, 0.05) is 44.6 Å². The van der Waals surface area contributed by atoms with Crippen LogP contribution in [0.5, 0.6) is 0 Å². The second kappa shape index (κ2) is 6.39. The molecule has 1 aliphatic heterocycles. The fourth-order valence-corrected chi connectivity index (χ4v) is 2.53. The highest BCUT2D eigenvalue weighted by atomic mass is 19.3. The lowest BCUT2D eigenvalue weighted by Gasteiger charge is -2.35. The molecule has 2 aromatic rings. The maximum absolute atomic E-state index is 12.9. The van der Waals surface area contributed by atoms with Crippen molar-refractivity contribution in [3.8, 4) is 0 Å². The van der Waals surface area contributed by atoms with Crippen LogP contribution >= 0.6 is 0 Å². The number of aryl methyl sites for hydroxylation is 2. The van der Waals surface area contributed by atoms with Gasteiger partial charge in [0.15, 0.2) is 0 Å². The van der Waals surface area contributed by atoms with E-state index in [9.17, 15) is 8.78 Å². The predicted octanol–water partition coefficient (Wildman–Crippen LogP) is 2.15. The zero-order valence-corrected chi connectivity index (χ0v) is 13.1. The molecule has 2 aromatic heterocycles. The van der Waals surface area contributed by atoms with Crippen molar-refractivity contribution in [1.29, 1.82) is 0 Å². The Bertz CT molecular complexity index is 668. The first-order valence-corrected chi connectivity index (χ1v) is 7.45. The quantitative estimate of drug-likeness (QED) is 0.864. The number of aromatic nitrogens is 4. The van der Waals surface area contributed by atoms with Gasteiger partial charge >= 0.3 is 0 Å². The van der Waals surface area contributed by atoms with Crippen molar-refractivity contribution < 1.29 is 8.78 Å². The van der Waals surface area contributed by atoms with Crippen LogP contribution in [0.2, 0.25) is 0 Å². The third-order valence-electron chi connectivity index (χ3n) is 3.72. The Kier molecular flexibility index (Phi) is 4.31. The van der Waals surface area contributed by atoms with E-state index in [1.807, 2.05) is 11.8 Å². The van der Waals surface area contributed by atoms with Crippen molar-refractivity contribution in [2.45, 2.75) is 20.3 Å². The number of hydrogen-bond acceptors (Lipinski definition) is 6. The Hall–Kier alpha value is -2.38. The minimum absolute atomic E-state index is 0.225. The third kappa shape index (κ3) is 3.52. The van der Waals surface area contributed by atoms with Gasteiger partial charge in [-0.2, -0.15) is 0 Å². The molecule has 0 radical (unpaired) electrons. The van der Waals surface area contributed by atoms with Gasteiger partial charge in [0.1, 0.15) is 17.3 Å². The molecule has 3 heterocycles. The molecule has 1 aliphatic rings. The molecule has 1 saturated heterocycles. The molecule has 3 rings (SSSR count). The van der Waals surface area contributed by atoms with Crippen LogP contribution in [0.15, 0.2) is 18.5 Å². The largest absolute Gasteiger partial charge is 0.353 e. The number of nitrogens with zero attached hydrogens (tertiary/aromatic N) is 6. The average Bonchev–Trinajstić information content (AvgIpc) is 2.55. The molecule has 0 bridgehead atoms. The lowest BCUT2D eigenvalue weighted by atomic mass is 10.3. The predicted molar refractivity (Wildman–Crippen MR) is 82.9 cm³/mol. The van der Waals surface area contributed by atoms with Gasteiger partial charge in [0.05, 0.1) is 0 Å². The lowest BCUT2D eigenvalue weighted by Crippen LogP contribution is -2.47. The number of rotatable bonds is 3. The van der Waals surface area contributed by atoms with Crippen molar-refractivity contribution in [3.63, 3.8) is 0 Å². The van der Waals surface area contributed by atoms with E-state index >= 15 is 0 Å². The highest BCUT2D eigenvalue weighted by Gasteiger charge is 2.21. The summed E-state index contributed by atoms with van der Waals surface area (Å²) in [6, 6.07) is 1.37. The topological polar surface area (TPSA) is 58.0 Å². The van der Waals surface area contributed by atoms with Crippen LogP contribution in [-0.2, 0) is 0 Å². The van der Waals surface area contributed by atoms with Crippen LogP contribution < -0.4 is 9.80 Å². The zero-order chi connectivity index (χ0) is 16.4. The van der Waals surface area contributed by atoms with E-state index in [1.54, 1.807) is 19.3 Å². The van der Waals surface area contributed by atoms with Gasteiger partial charge in [-0.25, -0.2) is 28.7 Å². The second-order valence-electron chi connectivity index (χ2n) is 5.53. The molecular formula is C15H18F2N6. The number of hydrogen-bond donors (Lipinski definition) is 0. The first-order chi connectivity index (χ1) is 11.0. The minimum Gasteiger partial charge on any atom is -0.353 e. The normalized spacial score (nSPS) is 15.3. The van der Waals surface area contributed by atoms with E-state index in [1.165, 1.54) is 6.07 Å². The molecule has 0 aromatic carbocycles. The zero-order valence-electron chi connectivity index (χ0n) is 13.1. The Morgan fingerprint density at radius 3 is 2.17 bits per heavy atom. The summed E-state index contributed by atoms with van der Waals surface area (Å²) in [5.41, 5.74) is 0.792. The fourth-order valence-electron chi connectivity index (χ4n) is 2.53. The van der Waals surface area contributed by atoms with Gasteiger partial charge in [-0.1, -0.05) is 0 Å². The average molecular weight is 320 g/mol. The van der Waals surface area contributed by atoms with E-state index in [2.05, 4.69) is 24.8 Å². The molecule has 0 aliphatic carbocycles. The van der Waals surface area contributed by atoms with Gasteiger partial charge in [-0.3, -0.25) is 0 Å². The summed E-state index contributed by atoms with van der Waals surface area (Å²) in [4.78, 5) is 20.8. The summed E-state index contributed by atoms with van der Waals surface area (Å²) >= 11 is 0. The highest BCUT2D eigenvalue weighted by molar-refractivity contribution is 5.43. The van der Waals surface area contributed by atoms with Gasteiger partial charge in [-0.05, 0) is 19.4 Å². The number of piperazine rings is 1. The van der Waals surface area contributed by atoms with Gasteiger partial charge < -0.3 is 9.80 Å². The van der Waals surface area contributed by atoms with E-state index in [4.69, 9.17) is 0 Å². The van der Waals surface area contributed by atoms with Crippen molar-refractivity contribution in [2.75, 3.05) is 36.0 Å². The Balaban J connectivity index is 1.70. The SMILES string of the molecule is Cc1cnc(N2CCN(c3cc(C(F)F)nc(C)n3)CC2)nc1. The molecule has 0 atom stereocenters. The summed E-state index contributed by atoms with van der Waals surface area (Å²) in [7, 11) is 0. The highest BCUT2D eigenvalue weighted by Crippen LogP contribution is 2.22. The molecular weight excluding hydrogens is 302 g/mol. The van der Waals surface area contributed by atoms with Crippen LogP contribution in [0.4, 0.5) is 20.5 Å². The smallest absolute Gasteiger partial charge is 0.280 e. The second-order valence-corrected chi connectivity index (χ2v) is 5.53. The first kappa shape index (κ1) is 15.5. The maximum Gasteiger partial charge on any atom is 0.280 e. The summed E-state index contributed by atoms with van der Waals surface area (Å²) < 4.78 is 25.8. The van der Waals surface area contributed by atoms with Gasteiger partial charge in [0.2, 0.25) is 5.95 Å². The Morgan fingerprint density at radius 2 is 1.57 bits per heavy atom. The molecule has 0 spiro atoms. The monoisotopic (exact) mass is 320 g/mol. The molecule has 0 amide bonds. The van der Waals surface area contributed by atoms with Crippen LogP contribution in [0, 0.1) is 13.8 Å². The first-order valence-electron chi connectivity index (χ1n) is 7.45.